The first-order valence-corrected chi connectivity index (χ1v) is 12.6. The summed E-state index contributed by atoms with van der Waals surface area (Å²) in [6.45, 7) is 0.592. The summed E-state index contributed by atoms with van der Waals surface area (Å²) in [6.07, 6.45) is 1.41. The Hall–Kier alpha value is -4.25. The van der Waals surface area contributed by atoms with E-state index in [4.69, 9.17) is 9.15 Å². The third kappa shape index (κ3) is 4.07. The maximum Gasteiger partial charge on any atom is 0.338 e. The summed E-state index contributed by atoms with van der Waals surface area (Å²) in [6, 6.07) is 12.8. The van der Waals surface area contributed by atoms with Gasteiger partial charge in [0.05, 0.1) is 21.6 Å². The molecule has 184 valence electrons. The molecule has 0 atom stereocenters. The zero-order valence-electron chi connectivity index (χ0n) is 18.9. The number of nitrogens with zero attached hydrogens (tertiary/aromatic N) is 2. The molecular formula is C25H20N2O8S. The van der Waals surface area contributed by atoms with Crippen LogP contribution in [0.25, 0.3) is 0 Å². The van der Waals surface area contributed by atoms with Crippen LogP contribution < -0.4 is 0 Å². The molecule has 2 amide bonds. The molecule has 3 heterocycles. The highest BCUT2D eigenvalue weighted by molar-refractivity contribution is 7.91. The number of esters is 1. The van der Waals surface area contributed by atoms with Crippen molar-refractivity contribution in [2.45, 2.75) is 9.79 Å². The number of rotatable bonds is 4. The van der Waals surface area contributed by atoms with Crippen LogP contribution in [0.4, 0.5) is 0 Å². The van der Waals surface area contributed by atoms with Crippen molar-refractivity contribution < 1.29 is 36.7 Å². The van der Waals surface area contributed by atoms with Gasteiger partial charge in [-0.3, -0.25) is 14.4 Å². The van der Waals surface area contributed by atoms with Gasteiger partial charge in [-0.2, -0.15) is 0 Å². The molecule has 0 unspecified atom stereocenters. The van der Waals surface area contributed by atoms with Crippen LogP contribution in [0.3, 0.4) is 0 Å². The van der Waals surface area contributed by atoms with Gasteiger partial charge in [0.2, 0.25) is 9.84 Å². The SMILES string of the molecule is O=C(OCC(=O)N1CCN(C(=O)c2ccco2)CC1)c1ccc2c(c1)S(=O)(=O)c1ccccc1C2=O. The van der Waals surface area contributed by atoms with Crippen LogP contribution in [-0.4, -0.2) is 74.6 Å². The number of fused-ring (bicyclic) bond motifs is 2. The van der Waals surface area contributed by atoms with Crippen molar-refractivity contribution in [2.24, 2.45) is 0 Å². The molecule has 11 heteroatoms. The molecular weight excluding hydrogens is 488 g/mol. The lowest BCUT2D eigenvalue weighted by molar-refractivity contribution is -0.136. The molecule has 2 aliphatic heterocycles. The number of hydrogen-bond acceptors (Lipinski definition) is 8. The van der Waals surface area contributed by atoms with E-state index in [2.05, 4.69) is 0 Å². The lowest BCUT2D eigenvalue weighted by Crippen LogP contribution is -2.51. The number of carbonyl (C=O) groups excluding carboxylic acids is 4. The number of piperazine rings is 1. The Kier molecular flexibility index (Phi) is 5.92. The molecule has 0 spiro atoms. The zero-order valence-corrected chi connectivity index (χ0v) is 19.7. The van der Waals surface area contributed by atoms with Crippen LogP contribution in [0.2, 0.25) is 0 Å². The van der Waals surface area contributed by atoms with Crippen LogP contribution >= 0.6 is 0 Å². The third-order valence-electron chi connectivity index (χ3n) is 6.15. The molecule has 0 aliphatic carbocycles. The number of sulfone groups is 1. The average molecular weight is 509 g/mol. The van der Waals surface area contributed by atoms with Crippen molar-refractivity contribution in [3.05, 3.63) is 83.3 Å². The number of amides is 2. The maximum atomic E-state index is 13.0. The van der Waals surface area contributed by atoms with Crippen LogP contribution in [0.1, 0.15) is 36.8 Å². The van der Waals surface area contributed by atoms with E-state index in [9.17, 15) is 27.6 Å². The van der Waals surface area contributed by atoms with Gasteiger partial charge >= 0.3 is 5.97 Å². The van der Waals surface area contributed by atoms with E-state index in [1.54, 1.807) is 23.1 Å². The number of carbonyl (C=O) groups is 4. The fourth-order valence-electron chi connectivity index (χ4n) is 4.23. The molecule has 10 nitrogen and oxygen atoms in total. The standard InChI is InChI=1S/C25H20N2O8S/c28-22(26-9-11-27(12-10-26)24(30)19-5-3-13-34-19)15-35-25(31)16-7-8-18-21(14-16)36(32,33)20-6-2-1-4-17(20)23(18)29/h1-8,13-14H,9-12,15H2. The second-order valence-corrected chi connectivity index (χ2v) is 10.2. The van der Waals surface area contributed by atoms with E-state index in [-0.39, 0.29) is 51.2 Å². The Balaban J connectivity index is 1.22. The summed E-state index contributed by atoms with van der Waals surface area (Å²) >= 11 is 0. The van der Waals surface area contributed by atoms with Crippen LogP contribution in [-0.2, 0) is 19.4 Å². The topological polar surface area (TPSA) is 131 Å². The van der Waals surface area contributed by atoms with Crippen LogP contribution in [0.5, 0.6) is 0 Å². The van der Waals surface area contributed by atoms with Crippen LogP contribution in [0.15, 0.2) is 75.1 Å². The fourth-order valence-corrected chi connectivity index (χ4v) is 5.91. The second kappa shape index (κ2) is 9.08. The Morgan fingerprint density at radius 3 is 2.28 bits per heavy atom. The highest BCUT2D eigenvalue weighted by atomic mass is 32.2. The first-order chi connectivity index (χ1) is 17.3. The Morgan fingerprint density at radius 2 is 1.56 bits per heavy atom. The predicted octanol–water partition coefficient (Wildman–Crippen LogP) is 1.80. The van der Waals surface area contributed by atoms with E-state index in [0.29, 0.717) is 13.1 Å². The normalized spacial score (nSPS) is 16.2. The molecule has 0 saturated carbocycles. The molecule has 1 aromatic heterocycles. The molecule has 5 rings (SSSR count). The number of ketones is 1. The Bertz CT molecular complexity index is 1490. The summed E-state index contributed by atoms with van der Waals surface area (Å²) < 4.78 is 36.3. The minimum Gasteiger partial charge on any atom is -0.459 e. The summed E-state index contributed by atoms with van der Waals surface area (Å²) in [4.78, 5) is 52.9. The monoisotopic (exact) mass is 508 g/mol. The van der Waals surface area contributed by atoms with E-state index >= 15 is 0 Å². The molecule has 0 N–H and O–H groups in total. The first kappa shape index (κ1) is 23.5. The van der Waals surface area contributed by atoms with Gasteiger partial charge in [-0.25, -0.2) is 13.2 Å². The molecule has 2 aromatic carbocycles. The second-order valence-electron chi connectivity index (χ2n) is 8.27. The maximum absolute atomic E-state index is 13.0. The molecule has 3 aromatic rings. The summed E-state index contributed by atoms with van der Waals surface area (Å²) in [7, 11) is -4.01. The van der Waals surface area contributed by atoms with Crippen molar-refractivity contribution >= 4 is 33.4 Å². The quantitative estimate of drug-likeness (QED) is 0.381. The van der Waals surface area contributed by atoms with Gasteiger partial charge < -0.3 is 19.0 Å². The molecule has 0 bridgehead atoms. The van der Waals surface area contributed by atoms with Gasteiger partial charge in [-0.05, 0) is 42.5 Å². The number of benzene rings is 2. The van der Waals surface area contributed by atoms with Gasteiger partial charge in [0.25, 0.3) is 11.8 Å². The van der Waals surface area contributed by atoms with Gasteiger partial charge in [-0.1, -0.05) is 12.1 Å². The number of ether oxygens (including phenoxy) is 1. The lowest BCUT2D eigenvalue weighted by atomic mass is 10.0. The Morgan fingerprint density at radius 1 is 0.861 bits per heavy atom. The van der Waals surface area contributed by atoms with Crippen molar-refractivity contribution in [3.8, 4) is 0 Å². The molecule has 0 radical (unpaired) electrons. The highest BCUT2D eigenvalue weighted by Gasteiger charge is 2.35. The smallest absolute Gasteiger partial charge is 0.338 e. The summed E-state index contributed by atoms with van der Waals surface area (Å²) in [5.74, 6) is -1.82. The van der Waals surface area contributed by atoms with Gasteiger partial charge in [-0.15, -0.1) is 0 Å². The van der Waals surface area contributed by atoms with Crippen molar-refractivity contribution in [2.75, 3.05) is 32.8 Å². The average Bonchev–Trinajstić information content (AvgIpc) is 3.45. The zero-order chi connectivity index (χ0) is 25.4. The van der Waals surface area contributed by atoms with E-state index in [1.165, 1.54) is 41.5 Å². The van der Waals surface area contributed by atoms with Crippen molar-refractivity contribution in [1.29, 1.82) is 0 Å². The van der Waals surface area contributed by atoms with Crippen LogP contribution in [0, 0.1) is 0 Å². The van der Waals surface area contributed by atoms with E-state index in [1.807, 2.05) is 0 Å². The van der Waals surface area contributed by atoms with Crippen molar-refractivity contribution in [1.82, 2.24) is 9.80 Å². The summed E-state index contributed by atoms with van der Waals surface area (Å²) in [5.41, 5.74) is -0.0358. The lowest BCUT2D eigenvalue weighted by Gasteiger charge is -2.34. The van der Waals surface area contributed by atoms with E-state index in [0.717, 1.165) is 6.07 Å². The predicted molar refractivity (Wildman–Crippen MR) is 123 cm³/mol. The number of furan rings is 1. The minimum atomic E-state index is -4.01. The number of hydrogen-bond donors (Lipinski definition) is 0. The third-order valence-corrected chi connectivity index (χ3v) is 8.00. The van der Waals surface area contributed by atoms with E-state index < -0.39 is 34.1 Å². The van der Waals surface area contributed by atoms with Gasteiger partial charge in [0.1, 0.15) is 0 Å². The highest BCUT2D eigenvalue weighted by Crippen LogP contribution is 2.34. The molecule has 1 fully saturated rings. The molecule has 36 heavy (non-hydrogen) atoms. The van der Waals surface area contributed by atoms with Gasteiger partial charge in [0, 0.05) is 37.3 Å². The fraction of sp³-hybridized carbons (Fsp3) is 0.200. The summed E-state index contributed by atoms with van der Waals surface area (Å²) in [5, 5.41) is 0. The molecule has 2 aliphatic rings. The van der Waals surface area contributed by atoms with Crippen molar-refractivity contribution in [3.63, 3.8) is 0 Å². The first-order valence-electron chi connectivity index (χ1n) is 11.1. The molecule has 1 saturated heterocycles. The Labute approximate surface area is 206 Å². The minimum absolute atomic E-state index is 0.0247. The largest absolute Gasteiger partial charge is 0.459 e. The van der Waals surface area contributed by atoms with Gasteiger partial charge in [0.15, 0.2) is 18.2 Å².